The molecule has 0 radical (unpaired) electrons. The van der Waals surface area contributed by atoms with E-state index in [2.05, 4.69) is 22.4 Å². The van der Waals surface area contributed by atoms with Crippen LogP contribution in [0.25, 0.3) is 0 Å². The van der Waals surface area contributed by atoms with Gasteiger partial charge in [-0.3, -0.25) is 4.79 Å². The lowest BCUT2D eigenvalue weighted by molar-refractivity contribution is 0.100. The summed E-state index contributed by atoms with van der Waals surface area (Å²) in [5.41, 5.74) is 8.09. The largest absolute Gasteiger partial charge is 0.380 e. The Balaban J connectivity index is 2.18. The predicted molar refractivity (Wildman–Crippen MR) is 83.5 cm³/mol. The van der Waals surface area contributed by atoms with Gasteiger partial charge in [0.1, 0.15) is 5.15 Å². The highest BCUT2D eigenvalue weighted by atomic mass is 35.5. The van der Waals surface area contributed by atoms with Gasteiger partial charge in [-0.25, -0.2) is 4.98 Å². The number of hydrogen-bond acceptors (Lipinski definition) is 4. The van der Waals surface area contributed by atoms with Gasteiger partial charge in [0, 0.05) is 44.2 Å². The second-order valence-corrected chi connectivity index (χ2v) is 5.06. The molecule has 3 N–H and O–H groups in total. The van der Waals surface area contributed by atoms with E-state index in [1.165, 1.54) is 6.20 Å². The Hall–Kier alpha value is -2.45. The van der Waals surface area contributed by atoms with Gasteiger partial charge in [0.25, 0.3) is 5.91 Å². The molecule has 1 aromatic heterocycles. The van der Waals surface area contributed by atoms with Gasteiger partial charge >= 0.3 is 0 Å². The summed E-state index contributed by atoms with van der Waals surface area (Å²) >= 11 is 5.85. The molecule has 0 fully saturated rings. The van der Waals surface area contributed by atoms with Crippen LogP contribution >= 0.6 is 11.6 Å². The smallest absolute Gasteiger partial charge is 0.252 e. The van der Waals surface area contributed by atoms with Crippen LogP contribution < -0.4 is 16.0 Å². The Kier molecular flexibility index (Phi) is 4.51. The number of hydrogen-bond donors (Lipinski definition) is 2. The van der Waals surface area contributed by atoms with Crippen molar-refractivity contribution >= 4 is 28.9 Å². The SMILES string of the molecule is CN(C)c1cc#cc(CNc2cc(Cl)ncc2C(N)=O)c1. The second-order valence-electron chi connectivity index (χ2n) is 4.67. The fourth-order valence-corrected chi connectivity index (χ4v) is 1.93. The zero-order chi connectivity index (χ0) is 15.4. The fraction of sp³-hybridized carbons (Fsp3) is 0.200. The number of anilines is 2. The normalized spacial score (nSPS) is 9.86. The summed E-state index contributed by atoms with van der Waals surface area (Å²) in [4.78, 5) is 17.2. The van der Waals surface area contributed by atoms with Crippen LogP contribution in [0.2, 0.25) is 5.15 Å². The predicted octanol–water partition coefficient (Wildman–Crippen LogP) is 2.11. The van der Waals surface area contributed by atoms with Crippen LogP contribution in [0.4, 0.5) is 11.4 Å². The molecule has 0 aliphatic rings. The van der Waals surface area contributed by atoms with E-state index in [0.29, 0.717) is 22.9 Å². The summed E-state index contributed by atoms with van der Waals surface area (Å²) in [5.74, 6) is -0.556. The molecule has 5 nitrogen and oxygen atoms in total. The molecule has 0 unspecified atom stereocenters. The molecular formula is C15H15ClN4O. The van der Waals surface area contributed by atoms with Crippen molar-refractivity contribution in [3.05, 3.63) is 52.8 Å². The van der Waals surface area contributed by atoms with Crippen LogP contribution in [0.15, 0.2) is 24.4 Å². The van der Waals surface area contributed by atoms with Gasteiger partial charge in [0.2, 0.25) is 0 Å². The first kappa shape index (κ1) is 14.9. The number of halogens is 1. The van der Waals surface area contributed by atoms with Crippen molar-refractivity contribution in [2.24, 2.45) is 5.73 Å². The van der Waals surface area contributed by atoms with Crippen molar-refractivity contribution in [2.45, 2.75) is 6.54 Å². The van der Waals surface area contributed by atoms with Crippen LogP contribution in [-0.4, -0.2) is 25.0 Å². The summed E-state index contributed by atoms with van der Waals surface area (Å²) in [6, 6.07) is 11.4. The van der Waals surface area contributed by atoms with Gasteiger partial charge in [-0.1, -0.05) is 23.7 Å². The number of nitrogens with two attached hydrogens (primary N) is 1. The zero-order valence-electron chi connectivity index (χ0n) is 11.8. The molecule has 1 aromatic carbocycles. The minimum Gasteiger partial charge on any atom is -0.380 e. The molecular weight excluding hydrogens is 288 g/mol. The molecule has 2 aromatic rings. The minimum atomic E-state index is -0.556. The molecule has 2 rings (SSSR count). The van der Waals surface area contributed by atoms with Crippen molar-refractivity contribution in [1.82, 2.24) is 4.98 Å². The molecule has 108 valence electrons. The molecule has 0 bridgehead atoms. The highest BCUT2D eigenvalue weighted by Crippen LogP contribution is 2.19. The lowest BCUT2D eigenvalue weighted by atomic mass is 10.2. The third-order valence-electron chi connectivity index (χ3n) is 2.90. The first-order valence-corrected chi connectivity index (χ1v) is 6.64. The van der Waals surface area contributed by atoms with Crippen molar-refractivity contribution in [3.63, 3.8) is 0 Å². The van der Waals surface area contributed by atoms with Gasteiger partial charge in [-0.2, -0.15) is 0 Å². The average molecular weight is 303 g/mol. The van der Waals surface area contributed by atoms with Crippen molar-refractivity contribution in [3.8, 4) is 0 Å². The number of rotatable bonds is 5. The molecule has 0 spiro atoms. The van der Waals surface area contributed by atoms with Gasteiger partial charge in [0.15, 0.2) is 0 Å². The van der Waals surface area contributed by atoms with E-state index in [1.807, 2.05) is 31.1 Å². The summed E-state index contributed by atoms with van der Waals surface area (Å²) in [6.07, 6.45) is 1.36. The number of nitrogens with one attached hydrogen (secondary N) is 1. The molecule has 0 saturated carbocycles. The van der Waals surface area contributed by atoms with Crippen molar-refractivity contribution in [2.75, 3.05) is 24.3 Å². The number of carbonyl (C=O) groups excluding carboxylic acids is 1. The lowest BCUT2D eigenvalue weighted by Crippen LogP contribution is -2.15. The Labute approximate surface area is 128 Å². The quantitative estimate of drug-likeness (QED) is 0.830. The van der Waals surface area contributed by atoms with Crippen LogP contribution in [-0.2, 0) is 6.54 Å². The van der Waals surface area contributed by atoms with Crippen LogP contribution in [0.5, 0.6) is 0 Å². The average Bonchev–Trinajstić information content (AvgIpc) is 2.45. The first-order chi connectivity index (χ1) is 9.97. The standard InChI is InChI=1S/C15H15ClN4O/c1-20(2)11-5-3-4-10(6-11)8-18-13-7-14(16)19-9-12(13)15(17)21/h5-7,9H,8H2,1-2H3,(H2,17,21)(H,18,19). The second kappa shape index (κ2) is 6.33. The highest BCUT2D eigenvalue weighted by molar-refractivity contribution is 6.29. The molecule has 1 heterocycles. The minimum absolute atomic E-state index is 0.292. The molecule has 0 aliphatic carbocycles. The molecule has 0 aliphatic heterocycles. The van der Waals surface area contributed by atoms with Gasteiger partial charge in [0.05, 0.1) is 11.3 Å². The summed E-state index contributed by atoms with van der Waals surface area (Å²) in [5, 5.41) is 3.41. The van der Waals surface area contributed by atoms with E-state index in [9.17, 15) is 4.79 Å². The molecule has 0 atom stereocenters. The van der Waals surface area contributed by atoms with Crippen LogP contribution in [0.3, 0.4) is 0 Å². The van der Waals surface area contributed by atoms with Crippen molar-refractivity contribution in [1.29, 1.82) is 0 Å². The number of pyridine rings is 1. The molecule has 1 amide bonds. The molecule has 6 heteroatoms. The molecule has 0 saturated heterocycles. The number of carbonyl (C=O) groups is 1. The summed E-state index contributed by atoms with van der Waals surface area (Å²) in [7, 11) is 3.91. The topological polar surface area (TPSA) is 71.2 Å². The van der Waals surface area contributed by atoms with E-state index < -0.39 is 5.91 Å². The van der Waals surface area contributed by atoms with Crippen LogP contribution in [0, 0.1) is 12.1 Å². The number of nitrogens with zero attached hydrogens (tertiary/aromatic N) is 2. The number of aromatic nitrogens is 1. The lowest BCUT2D eigenvalue weighted by Gasteiger charge is -2.13. The Morgan fingerprint density at radius 3 is 2.90 bits per heavy atom. The molecule has 21 heavy (non-hydrogen) atoms. The number of amides is 1. The zero-order valence-corrected chi connectivity index (χ0v) is 12.5. The summed E-state index contributed by atoms with van der Waals surface area (Å²) in [6.45, 7) is 0.471. The number of primary amides is 1. The third-order valence-corrected chi connectivity index (χ3v) is 3.10. The fourth-order valence-electron chi connectivity index (χ4n) is 1.78. The maximum atomic E-state index is 11.4. The van der Waals surface area contributed by atoms with E-state index in [4.69, 9.17) is 17.3 Å². The van der Waals surface area contributed by atoms with E-state index >= 15 is 0 Å². The Bertz CT molecular complexity index is 658. The van der Waals surface area contributed by atoms with Gasteiger partial charge in [-0.05, 0) is 12.1 Å². The van der Waals surface area contributed by atoms with E-state index in [1.54, 1.807) is 6.07 Å². The third kappa shape index (κ3) is 3.77. The first-order valence-electron chi connectivity index (χ1n) is 6.26. The Morgan fingerprint density at radius 1 is 1.48 bits per heavy atom. The van der Waals surface area contributed by atoms with E-state index in [0.717, 1.165) is 11.3 Å². The monoisotopic (exact) mass is 302 g/mol. The van der Waals surface area contributed by atoms with E-state index in [-0.39, 0.29) is 0 Å². The van der Waals surface area contributed by atoms with Crippen LogP contribution in [0.1, 0.15) is 15.9 Å². The Morgan fingerprint density at radius 2 is 2.24 bits per heavy atom. The van der Waals surface area contributed by atoms with Gasteiger partial charge < -0.3 is 16.0 Å². The van der Waals surface area contributed by atoms with Gasteiger partial charge in [-0.15, -0.1) is 0 Å². The maximum absolute atomic E-state index is 11.4. The summed E-state index contributed by atoms with van der Waals surface area (Å²) < 4.78 is 0. The highest BCUT2D eigenvalue weighted by Gasteiger charge is 2.09. The van der Waals surface area contributed by atoms with Crippen molar-refractivity contribution < 1.29 is 4.79 Å². The maximum Gasteiger partial charge on any atom is 0.252 e.